The number of benzene rings is 4. The molecule has 1 fully saturated rings. The van der Waals surface area contributed by atoms with Crippen LogP contribution in [0.3, 0.4) is 0 Å². The number of rotatable bonds is 16. The van der Waals surface area contributed by atoms with Gasteiger partial charge in [0.1, 0.15) is 28.7 Å². The van der Waals surface area contributed by atoms with Crippen molar-refractivity contribution in [3.05, 3.63) is 129 Å². The molecule has 8 rings (SSSR count). The van der Waals surface area contributed by atoms with Crippen molar-refractivity contribution in [3.63, 3.8) is 0 Å². The number of nitrogens with zero attached hydrogens (tertiary/aromatic N) is 2. The van der Waals surface area contributed by atoms with Gasteiger partial charge in [0.05, 0.1) is 48.5 Å². The molecule has 0 radical (unpaired) electrons. The molecular formula is C54H66ClFN2O8S. The predicted molar refractivity (Wildman–Crippen MR) is 261 cm³/mol. The Hall–Kier alpha value is -4.62. The Morgan fingerprint density at radius 1 is 0.940 bits per heavy atom. The number of hydrogen-bond acceptors (Lipinski definition) is 9. The molecule has 0 saturated heterocycles. The van der Waals surface area contributed by atoms with Crippen molar-refractivity contribution in [2.45, 2.75) is 109 Å². The van der Waals surface area contributed by atoms with E-state index < -0.39 is 32.3 Å². The van der Waals surface area contributed by atoms with Crippen molar-refractivity contribution in [2.24, 2.45) is 23.7 Å². The molecule has 67 heavy (non-hydrogen) atoms. The van der Waals surface area contributed by atoms with Crippen molar-refractivity contribution in [1.29, 1.82) is 0 Å². The summed E-state index contributed by atoms with van der Waals surface area (Å²) in [6, 6.07) is 24.2. The third kappa shape index (κ3) is 10.2. The third-order valence-corrected chi connectivity index (χ3v) is 17.5. The normalized spacial score (nSPS) is 22.8. The second kappa shape index (κ2) is 19.8. The van der Waals surface area contributed by atoms with Gasteiger partial charge < -0.3 is 28.6 Å². The maximum Gasteiger partial charge on any atom is 0.338 e. The van der Waals surface area contributed by atoms with Crippen LogP contribution in [0.1, 0.15) is 99.3 Å². The Kier molecular flexibility index (Phi) is 14.4. The lowest BCUT2D eigenvalue weighted by Gasteiger charge is -2.48. The standard InChI is InChI=1S/C54H66ClFN2O8S/c1-34(35(2)67(60,61)58(29-36-11-17-42(62-6)18-12-36)30-37-13-19-43(63-7)20-14-37)40-26-41(27-40)51(64-8)44-21-15-39(44)31-57-32-54(25-9-10-45-46(54)22-23-47(55)50(45)56)33-65-49-24-16-38(28-48(49)57)52(59)66-53(3,4)5/h11-14,16-20,22-24,26,28,34-35,39-40,44,51H,9-10,15,21,25,27,29-33H2,1-8H3/t34-,35-,39+,40+,44-,51+,54+/m1/s1. The van der Waals surface area contributed by atoms with E-state index in [1.54, 1.807) is 37.8 Å². The number of allylic oxidation sites excluding steroid dienone is 1. The first kappa shape index (κ1) is 48.8. The largest absolute Gasteiger partial charge is 0.497 e. The summed E-state index contributed by atoms with van der Waals surface area (Å²) < 4.78 is 76.1. The fourth-order valence-electron chi connectivity index (χ4n) is 10.7. The average Bonchev–Trinajstić information content (AvgIpc) is 3.44. The summed E-state index contributed by atoms with van der Waals surface area (Å²) in [7, 11) is 1.23. The number of methoxy groups -OCH3 is 3. The quantitative estimate of drug-likeness (QED) is 0.0802. The average molecular weight is 958 g/mol. The highest BCUT2D eigenvalue weighted by molar-refractivity contribution is 7.89. The maximum absolute atomic E-state index is 15.7. The van der Waals surface area contributed by atoms with E-state index >= 15 is 4.39 Å². The first-order valence-corrected chi connectivity index (χ1v) is 25.5. The number of halogens is 2. The number of carbonyl (C=O) groups is 1. The van der Waals surface area contributed by atoms with E-state index in [2.05, 4.69) is 17.9 Å². The SMILES string of the molecule is COc1ccc(CN(Cc2ccc(OC)cc2)S(=O)(=O)[C@H](C)[C@@H](C)[C@H]2C=C([C@H](OC)[C@@H]3CC[C@H]3CN3C[C@@]4(CCCc5c4ccc(Cl)c5F)COc4ccc(C(=O)OC(C)(C)C)cc43)C2)cc1. The lowest BCUT2D eigenvalue weighted by atomic mass is 9.64. The molecule has 4 aliphatic rings. The van der Waals surface area contributed by atoms with Crippen LogP contribution >= 0.6 is 11.6 Å². The van der Waals surface area contributed by atoms with Crippen LogP contribution in [-0.2, 0) is 44.4 Å². The van der Waals surface area contributed by atoms with Gasteiger partial charge in [0.25, 0.3) is 0 Å². The molecule has 4 aromatic carbocycles. The molecule has 7 atom stereocenters. The zero-order valence-corrected chi connectivity index (χ0v) is 41.7. The van der Waals surface area contributed by atoms with Gasteiger partial charge in [-0.2, -0.15) is 4.31 Å². The van der Waals surface area contributed by atoms with Crippen molar-refractivity contribution < 1.29 is 41.3 Å². The number of hydrogen-bond donors (Lipinski definition) is 0. The number of anilines is 1. The molecule has 0 unspecified atom stereocenters. The Balaban J connectivity index is 1.01. The van der Waals surface area contributed by atoms with Crippen LogP contribution in [0, 0.1) is 29.5 Å². The molecule has 1 aliphatic heterocycles. The van der Waals surface area contributed by atoms with E-state index in [4.69, 9.17) is 35.3 Å². The Labute approximate surface area is 401 Å². The second-order valence-electron chi connectivity index (χ2n) is 20.2. The number of sulfonamides is 1. The number of esters is 1. The van der Waals surface area contributed by atoms with Gasteiger partial charge in [-0.3, -0.25) is 0 Å². The summed E-state index contributed by atoms with van der Waals surface area (Å²) >= 11 is 6.33. The van der Waals surface area contributed by atoms with Crippen LogP contribution in [0.25, 0.3) is 0 Å². The van der Waals surface area contributed by atoms with Crippen LogP contribution in [0.2, 0.25) is 5.02 Å². The van der Waals surface area contributed by atoms with Gasteiger partial charge in [-0.15, -0.1) is 0 Å². The van der Waals surface area contributed by atoms with E-state index in [0.29, 0.717) is 54.5 Å². The van der Waals surface area contributed by atoms with Gasteiger partial charge in [-0.25, -0.2) is 17.6 Å². The molecular weight excluding hydrogens is 891 g/mol. The summed E-state index contributed by atoms with van der Waals surface area (Å²) in [5.41, 5.74) is 4.66. The molecule has 13 heteroatoms. The number of ether oxygens (including phenoxy) is 5. The Morgan fingerprint density at radius 2 is 1.58 bits per heavy atom. The molecule has 1 spiro atoms. The van der Waals surface area contributed by atoms with Crippen LogP contribution < -0.4 is 19.1 Å². The van der Waals surface area contributed by atoms with Gasteiger partial charge in [0, 0.05) is 38.7 Å². The Bertz CT molecular complexity index is 2510. The molecule has 4 aromatic rings. The molecule has 0 aromatic heterocycles. The van der Waals surface area contributed by atoms with E-state index in [1.807, 2.05) is 94.4 Å². The summed E-state index contributed by atoms with van der Waals surface area (Å²) in [4.78, 5) is 15.8. The molecule has 1 saturated carbocycles. The second-order valence-corrected chi connectivity index (χ2v) is 22.9. The highest BCUT2D eigenvalue weighted by Gasteiger charge is 2.47. The van der Waals surface area contributed by atoms with Crippen molar-refractivity contribution in [2.75, 3.05) is 45.9 Å². The van der Waals surface area contributed by atoms with E-state index in [9.17, 15) is 13.2 Å². The molecule has 1 heterocycles. The molecule has 0 amide bonds. The zero-order chi connectivity index (χ0) is 47.8. The topological polar surface area (TPSA) is 104 Å². The minimum Gasteiger partial charge on any atom is -0.497 e. The highest BCUT2D eigenvalue weighted by Crippen LogP contribution is 2.50. The fourth-order valence-corrected chi connectivity index (χ4v) is 12.8. The lowest BCUT2D eigenvalue weighted by Crippen LogP contribution is -2.50. The summed E-state index contributed by atoms with van der Waals surface area (Å²) in [5.74, 6) is 1.75. The molecule has 0 N–H and O–H groups in total. The summed E-state index contributed by atoms with van der Waals surface area (Å²) in [6.07, 6.45) is 7.12. The summed E-state index contributed by atoms with van der Waals surface area (Å²) in [5, 5.41) is -0.522. The molecule has 10 nitrogen and oxygen atoms in total. The fraction of sp³-hybridized carbons (Fsp3) is 0.500. The van der Waals surface area contributed by atoms with Crippen molar-refractivity contribution in [1.82, 2.24) is 4.31 Å². The molecule has 3 aliphatic carbocycles. The number of carbonyl (C=O) groups excluding carboxylic acids is 1. The van der Waals surface area contributed by atoms with Gasteiger partial charge in [0.2, 0.25) is 10.0 Å². The third-order valence-electron chi connectivity index (χ3n) is 14.9. The maximum atomic E-state index is 15.7. The lowest BCUT2D eigenvalue weighted by molar-refractivity contribution is -0.000503. The first-order chi connectivity index (χ1) is 31.9. The minimum absolute atomic E-state index is 0.0702. The zero-order valence-electron chi connectivity index (χ0n) is 40.1. The number of fused-ring (bicyclic) bond motifs is 3. The van der Waals surface area contributed by atoms with Gasteiger partial charge in [-0.1, -0.05) is 54.9 Å². The van der Waals surface area contributed by atoms with E-state index in [-0.39, 0.29) is 53.7 Å². The van der Waals surface area contributed by atoms with E-state index in [0.717, 1.165) is 54.5 Å². The Morgan fingerprint density at radius 3 is 2.15 bits per heavy atom. The molecule has 360 valence electrons. The van der Waals surface area contributed by atoms with Gasteiger partial charge in [-0.05, 0) is 166 Å². The van der Waals surface area contributed by atoms with Crippen LogP contribution in [0.5, 0.6) is 17.2 Å². The first-order valence-electron chi connectivity index (χ1n) is 23.6. The van der Waals surface area contributed by atoms with Crippen LogP contribution in [-0.4, -0.2) is 76.7 Å². The van der Waals surface area contributed by atoms with Gasteiger partial charge in [0.15, 0.2) is 0 Å². The predicted octanol–water partition coefficient (Wildman–Crippen LogP) is 11.0. The van der Waals surface area contributed by atoms with Crippen LogP contribution in [0.15, 0.2) is 90.5 Å². The van der Waals surface area contributed by atoms with Gasteiger partial charge >= 0.3 is 5.97 Å². The van der Waals surface area contributed by atoms with Crippen molar-refractivity contribution in [3.8, 4) is 17.2 Å². The van der Waals surface area contributed by atoms with Crippen molar-refractivity contribution >= 4 is 33.3 Å². The molecule has 0 bridgehead atoms. The smallest absolute Gasteiger partial charge is 0.338 e. The minimum atomic E-state index is -3.77. The van der Waals surface area contributed by atoms with Crippen LogP contribution in [0.4, 0.5) is 10.1 Å². The highest BCUT2D eigenvalue weighted by atomic mass is 35.5. The van der Waals surface area contributed by atoms with E-state index in [1.165, 1.54) is 5.57 Å². The monoisotopic (exact) mass is 956 g/mol. The summed E-state index contributed by atoms with van der Waals surface area (Å²) in [6.45, 7) is 11.6.